The first-order valence-corrected chi connectivity index (χ1v) is 10.5. The Morgan fingerprint density at radius 3 is 2.30 bits per heavy atom. The van der Waals surface area contributed by atoms with Crippen molar-refractivity contribution in [3.63, 3.8) is 0 Å². The molecule has 162 valence electrons. The van der Waals surface area contributed by atoms with Crippen LogP contribution in [0.2, 0.25) is 5.15 Å². The number of benzene rings is 1. The normalized spacial score (nSPS) is 18.0. The summed E-state index contributed by atoms with van der Waals surface area (Å²) < 4.78 is 5.48. The zero-order chi connectivity index (χ0) is 22.3. The number of hydrogen-bond acceptors (Lipinski definition) is 5. The van der Waals surface area contributed by atoms with Crippen LogP contribution in [0.25, 0.3) is 0 Å². The molecular formula is C23H30ClN3O3. The van der Waals surface area contributed by atoms with Crippen molar-refractivity contribution in [2.75, 3.05) is 13.1 Å². The fourth-order valence-electron chi connectivity index (χ4n) is 3.99. The van der Waals surface area contributed by atoms with Gasteiger partial charge in [0.2, 0.25) is 0 Å². The van der Waals surface area contributed by atoms with Gasteiger partial charge in [-0.25, -0.2) is 4.79 Å². The highest BCUT2D eigenvalue weighted by molar-refractivity contribution is 6.29. The van der Waals surface area contributed by atoms with Gasteiger partial charge in [0.25, 0.3) is 0 Å². The van der Waals surface area contributed by atoms with Gasteiger partial charge < -0.3 is 14.7 Å². The highest BCUT2D eigenvalue weighted by atomic mass is 35.5. The molecule has 30 heavy (non-hydrogen) atoms. The summed E-state index contributed by atoms with van der Waals surface area (Å²) in [7, 11) is 0. The minimum absolute atomic E-state index is 0.205. The van der Waals surface area contributed by atoms with E-state index in [9.17, 15) is 9.90 Å². The SMILES string of the molecule is CC(C)c1ccc([C@](O)(c2cnnc(Cl)c2)C2(C)CN(C(=O)OC(C)(C)C)C2)cc1. The van der Waals surface area contributed by atoms with Crippen LogP contribution in [-0.4, -0.2) is 45.0 Å². The van der Waals surface area contributed by atoms with Crippen LogP contribution in [0.4, 0.5) is 4.79 Å². The van der Waals surface area contributed by atoms with E-state index < -0.39 is 16.6 Å². The number of likely N-dealkylation sites (tertiary alicyclic amines) is 1. The largest absolute Gasteiger partial charge is 0.444 e. The molecule has 1 aliphatic rings. The summed E-state index contributed by atoms with van der Waals surface area (Å²) in [6.07, 6.45) is 1.15. The zero-order valence-electron chi connectivity index (χ0n) is 18.4. The molecule has 0 saturated carbocycles. The molecule has 2 aromatic rings. The Morgan fingerprint density at radius 1 is 1.20 bits per heavy atom. The van der Waals surface area contributed by atoms with E-state index in [-0.39, 0.29) is 11.2 Å². The van der Waals surface area contributed by atoms with Crippen molar-refractivity contribution >= 4 is 17.7 Å². The van der Waals surface area contributed by atoms with Gasteiger partial charge in [0, 0.05) is 24.1 Å². The first-order chi connectivity index (χ1) is 13.9. The van der Waals surface area contributed by atoms with E-state index in [0.29, 0.717) is 24.6 Å². The standard InChI is InChI=1S/C23H30ClN3O3/c1-15(2)16-7-9-17(10-8-16)23(29,18-11-19(24)26-25-12-18)22(6)13-27(14-22)20(28)30-21(3,4)5/h7-12,15,29H,13-14H2,1-6H3/t23-/m0/s1. The lowest BCUT2D eigenvalue weighted by Gasteiger charge is -2.56. The Labute approximate surface area is 183 Å². The van der Waals surface area contributed by atoms with Crippen molar-refractivity contribution in [1.29, 1.82) is 0 Å². The number of nitrogens with zero attached hydrogens (tertiary/aromatic N) is 3. The number of carbonyl (C=O) groups is 1. The van der Waals surface area contributed by atoms with Crippen molar-refractivity contribution in [2.45, 2.75) is 58.7 Å². The predicted molar refractivity (Wildman–Crippen MR) is 116 cm³/mol. The van der Waals surface area contributed by atoms with E-state index in [0.717, 1.165) is 5.56 Å². The van der Waals surface area contributed by atoms with Crippen LogP contribution in [0.3, 0.4) is 0 Å². The van der Waals surface area contributed by atoms with E-state index in [1.807, 2.05) is 52.0 Å². The highest BCUT2D eigenvalue weighted by Crippen LogP contribution is 2.51. The molecule has 3 rings (SSSR count). The molecule has 1 aromatic heterocycles. The molecule has 6 nitrogen and oxygen atoms in total. The molecule has 2 heterocycles. The highest BCUT2D eigenvalue weighted by Gasteiger charge is 2.58. The molecule has 0 bridgehead atoms. The number of halogens is 1. The molecule has 1 fully saturated rings. The maximum absolute atomic E-state index is 12.5. The topological polar surface area (TPSA) is 75.6 Å². The Balaban J connectivity index is 1.98. The molecule has 0 spiro atoms. The van der Waals surface area contributed by atoms with Crippen molar-refractivity contribution in [3.8, 4) is 0 Å². The monoisotopic (exact) mass is 431 g/mol. The Hall–Kier alpha value is -2.18. The molecule has 1 aliphatic heterocycles. The van der Waals surface area contributed by atoms with Gasteiger partial charge in [0.15, 0.2) is 5.15 Å². The summed E-state index contributed by atoms with van der Waals surface area (Å²) in [6, 6.07) is 9.55. The van der Waals surface area contributed by atoms with Crippen LogP contribution in [0.1, 0.15) is 64.2 Å². The van der Waals surface area contributed by atoms with Gasteiger partial charge in [-0.15, -0.1) is 5.10 Å². The second-order valence-electron chi connectivity index (χ2n) is 9.65. The average molecular weight is 432 g/mol. The molecule has 7 heteroatoms. The van der Waals surface area contributed by atoms with Crippen molar-refractivity contribution in [1.82, 2.24) is 15.1 Å². The third kappa shape index (κ3) is 4.16. The molecule has 1 saturated heterocycles. The summed E-state index contributed by atoms with van der Waals surface area (Å²) in [6.45, 7) is 12.4. The molecule has 0 unspecified atom stereocenters. The molecule has 1 amide bonds. The van der Waals surface area contributed by atoms with Crippen LogP contribution in [0, 0.1) is 5.41 Å². The fourth-order valence-corrected chi connectivity index (χ4v) is 4.15. The number of amides is 1. The minimum Gasteiger partial charge on any atom is -0.444 e. The van der Waals surface area contributed by atoms with Gasteiger partial charge in [-0.05, 0) is 43.9 Å². The number of ether oxygens (including phenoxy) is 1. The second kappa shape index (κ2) is 7.82. The summed E-state index contributed by atoms with van der Waals surface area (Å²) in [5.41, 5.74) is -0.181. The van der Waals surface area contributed by atoms with Crippen molar-refractivity contribution in [2.24, 2.45) is 5.41 Å². The summed E-state index contributed by atoms with van der Waals surface area (Å²) in [5, 5.41) is 20.1. The van der Waals surface area contributed by atoms with Crippen LogP contribution in [0.15, 0.2) is 36.5 Å². The zero-order valence-corrected chi connectivity index (χ0v) is 19.2. The quantitative estimate of drug-likeness (QED) is 0.756. The van der Waals surface area contributed by atoms with Crippen LogP contribution >= 0.6 is 11.6 Å². The maximum Gasteiger partial charge on any atom is 0.410 e. The van der Waals surface area contributed by atoms with Crippen molar-refractivity contribution < 1.29 is 14.6 Å². The van der Waals surface area contributed by atoms with Crippen LogP contribution < -0.4 is 0 Å². The minimum atomic E-state index is -1.40. The lowest BCUT2D eigenvalue weighted by Crippen LogP contribution is -2.66. The first kappa shape index (κ1) is 22.5. The average Bonchev–Trinajstić information content (AvgIpc) is 2.63. The molecule has 1 aromatic carbocycles. The Morgan fingerprint density at radius 2 is 1.80 bits per heavy atom. The number of hydrogen-bond donors (Lipinski definition) is 1. The van der Waals surface area contributed by atoms with E-state index >= 15 is 0 Å². The summed E-state index contributed by atoms with van der Waals surface area (Å²) >= 11 is 6.10. The predicted octanol–water partition coefficient (Wildman–Crippen LogP) is 4.75. The Kier molecular flexibility index (Phi) is 5.87. The lowest BCUT2D eigenvalue weighted by molar-refractivity contribution is -0.131. The molecule has 1 N–H and O–H groups in total. The number of aromatic nitrogens is 2. The molecule has 0 aliphatic carbocycles. The number of rotatable bonds is 4. The lowest BCUT2D eigenvalue weighted by atomic mass is 9.62. The fraction of sp³-hybridized carbons (Fsp3) is 0.522. The van der Waals surface area contributed by atoms with Gasteiger partial charge in [0.05, 0.1) is 6.20 Å². The van der Waals surface area contributed by atoms with E-state index in [2.05, 4.69) is 24.0 Å². The van der Waals surface area contributed by atoms with E-state index in [1.165, 1.54) is 11.8 Å². The summed E-state index contributed by atoms with van der Waals surface area (Å²) in [4.78, 5) is 14.1. The van der Waals surface area contributed by atoms with Gasteiger partial charge in [-0.3, -0.25) is 0 Å². The summed E-state index contributed by atoms with van der Waals surface area (Å²) in [5.74, 6) is 0.381. The van der Waals surface area contributed by atoms with Gasteiger partial charge in [0.1, 0.15) is 11.2 Å². The Bertz CT molecular complexity index is 918. The second-order valence-corrected chi connectivity index (χ2v) is 10.0. The maximum atomic E-state index is 12.5. The van der Waals surface area contributed by atoms with Gasteiger partial charge >= 0.3 is 6.09 Å². The van der Waals surface area contributed by atoms with Crippen LogP contribution in [0.5, 0.6) is 0 Å². The van der Waals surface area contributed by atoms with E-state index in [1.54, 1.807) is 11.0 Å². The van der Waals surface area contributed by atoms with Gasteiger partial charge in [-0.2, -0.15) is 5.10 Å². The van der Waals surface area contributed by atoms with E-state index in [4.69, 9.17) is 16.3 Å². The third-order valence-electron chi connectivity index (χ3n) is 5.64. The third-order valence-corrected chi connectivity index (χ3v) is 5.83. The first-order valence-electron chi connectivity index (χ1n) is 10.2. The van der Waals surface area contributed by atoms with Gasteiger partial charge in [-0.1, -0.05) is 56.6 Å². The van der Waals surface area contributed by atoms with Crippen LogP contribution in [-0.2, 0) is 10.3 Å². The number of carbonyl (C=O) groups excluding carboxylic acids is 1. The molecule has 0 radical (unpaired) electrons. The van der Waals surface area contributed by atoms with Crippen molar-refractivity contribution in [3.05, 3.63) is 58.4 Å². The smallest absolute Gasteiger partial charge is 0.410 e. The molecular weight excluding hydrogens is 402 g/mol. The number of aliphatic hydroxyl groups is 1. The molecule has 1 atom stereocenters.